The molecule has 0 bridgehead atoms. The van der Waals surface area contributed by atoms with Crippen molar-refractivity contribution in [3.63, 3.8) is 0 Å². The van der Waals surface area contributed by atoms with E-state index >= 15 is 0 Å². The monoisotopic (exact) mass is 329 g/mol. The molecule has 0 N–H and O–H groups in total. The summed E-state index contributed by atoms with van der Waals surface area (Å²) in [7, 11) is 0. The SMILES string of the molecule is CC(C)(C)OC(=O)N1CCC(Oc2ccc(Cl)cc2F)CC1. The summed E-state index contributed by atoms with van der Waals surface area (Å²) in [6.45, 7) is 6.59. The number of nitrogens with zero attached hydrogens (tertiary/aromatic N) is 1. The van der Waals surface area contributed by atoms with Crippen molar-refractivity contribution < 1.29 is 18.7 Å². The van der Waals surface area contributed by atoms with Crippen LogP contribution < -0.4 is 4.74 Å². The first-order valence-corrected chi connectivity index (χ1v) is 7.72. The fourth-order valence-corrected chi connectivity index (χ4v) is 2.39. The number of rotatable bonds is 2. The van der Waals surface area contributed by atoms with E-state index in [4.69, 9.17) is 21.1 Å². The predicted octanol–water partition coefficient (Wildman–Crippen LogP) is 4.26. The molecule has 0 aromatic heterocycles. The molecule has 0 aliphatic carbocycles. The van der Waals surface area contributed by atoms with Crippen molar-refractivity contribution in [2.75, 3.05) is 13.1 Å². The van der Waals surface area contributed by atoms with Gasteiger partial charge in [0.1, 0.15) is 11.7 Å². The van der Waals surface area contributed by atoms with Crippen molar-refractivity contribution in [3.05, 3.63) is 29.0 Å². The molecule has 0 saturated carbocycles. The zero-order valence-electron chi connectivity index (χ0n) is 13.1. The third-order valence-electron chi connectivity index (χ3n) is 3.28. The molecule has 6 heteroatoms. The first-order valence-electron chi connectivity index (χ1n) is 7.34. The van der Waals surface area contributed by atoms with Crippen LogP contribution in [0.2, 0.25) is 5.02 Å². The van der Waals surface area contributed by atoms with Crippen molar-refractivity contribution in [1.82, 2.24) is 4.90 Å². The van der Waals surface area contributed by atoms with Crippen LogP contribution >= 0.6 is 11.6 Å². The fraction of sp³-hybridized carbons (Fsp3) is 0.562. The van der Waals surface area contributed by atoms with E-state index in [1.54, 1.807) is 11.0 Å². The van der Waals surface area contributed by atoms with Gasteiger partial charge < -0.3 is 14.4 Å². The number of carbonyl (C=O) groups is 1. The van der Waals surface area contributed by atoms with Gasteiger partial charge in [-0.15, -0.1) is 0 Å². The lowest BCUT2D eigenvalue weighted by Crippen LogP contribution is -2.44. The molecule has 0 radical (unpaired) electrons. The quantitative estimate of drug-likeness (QED) is 0.814. The summed E-state index contributed by atoms with van der Waals surface area (Å²) in [6, 6.07) is 4.35. The Kier molecular flexibility index (Phi) is 5.16. The third kappa shape index (κ3) is 4.77. The van der Waals surface area contributed by atoms with Crippen LogP contribution in [-0.2, 0) is 4.74 Å². The maximum absolute atomic E-state index is 13.7. The number of hydrogen-bond donors (Lipinski definition) is 0. The molecule has 1 heterocycles. The van der Waals surface area contributed by atoms with E-state index in [9.17, 15) is 9.18 Å². The van der Waals surface area contributed by atoms with Crippen molar-refractivity contribution in [2.45, 2.75) is 45.3 Å². The van der Waals surface area contributed by atoms with Crippen LogP contribution in [-0.4, -0.2) is 35.8 Å². The Morgan fingerprint density at radius 1 is 1.32 bits per heavy atom. The van der Waals surface area contributed by atoms with Crippen LogP contribution in [0.4, 0.5) is 9.18 Å². The molecule has 1 amide bonds. The summed E-state index contributed by atoms with van der Waals surface area (Å²) in [5, 5.41) is 0.338. The molecule has 22 heavy (non-hydrogen) atoms. The first-order chi connectivity index (χ1) is 10.2. The molecule has 1 aliphatic heterocycles. The van der Waals surface area contributed by atoms with Gasteiger partial charge in [0.05, 0.1) is 0 Å². The van der Waals surface area contributed by atoms with Gasteiger partial charge in [-0.1, -0.05) is 11.6 Å². The lowest BCUT2D eigenvalue weighted by Gasteiger charge is -2.33. The van der Waals surface area contributed by atoms with Crippen LogP contribution in [0.25, 0.3) is 0 Å². The highest BCUT2D eigenvalue weighted by Crippen LogP contribution is 2.25. The highest BCUT2D eigenvalue weighted by molar-refractivity contribution is 6.30. The van der Waals surface area contributed by atoms with Gasteiger partial charge in [0.15, 0.2) is 11.6 Å². The highest BCUT2D eigenvalue weighted by atomic mass is 35.5. The van der Waals surface area contributed by atoms with E-state index in [1.165, 1.54) is 12.1 Å². The zero-order chi connectivity index (χ0) is 16.3. The molecule has 0 atom stereocenters. The Hall–Kier alpha value is -1.49. The molecule has 1 aromatic carbocycles. The molecule has 4 nitrogen and oxygen atoms in total. The largest absolute Gasteiger partial charge is 0.487 e. The average Bonchev–Trinajstić information content (AvgIpc) is 2.41. The molecule has 0 spiro atoms. The Labute approximate surface area is 135 Å². The Morgan fingerprint density at radius 2 is 1.95 bits per heavy atom. The summed E-state index contributed by atoms with van der Waals surface area (Å²) >= 11 is 5.71. The van der Waals surface area contributed by atoms with Gasteiger partial charge in [0.2, 0.25) is 0 Å². The van der Waals surface area contributed by atoms with E-state index in [1.807, 2.05) is 20.8 Å². The highest BCUT2D eigenvalue weighted by Gasteiger charge is 2.28. The van der Waals surface area contributed by atoms with E-state index in [-0.39, 0.29) is 17.9 Å². The third-order valence-corrected chi connectivity index (χ3v) is 3.52. The number of likely N-dealkylation sites (tertiary alicyclic amines) is 1. The number of ether oxygens (including phenoxy) is 2. The van der Waals surface area contributed by atoms with Gasteiger partial charge in [0.25, 0.3) is 0 Å². The minimum Gasteiger partial charge on any atom is -0.487 e. The number of halogens is 2. The number of amides is 1. The summed E-state index contributed by atoms with van der Waals surface area (Å²) in [4.78, 5) is 13.6. The van der Waals surface area contributed by atoms with Crippen molar-refractivity contribution >= 4 is 17.7 Å². The van der Waals surface area contributed by atoms with E-state index in [0.29, 0.717) is 31.0 Å². The number of piperidine rings is 1. The average molecular weight is 330 g/mol. The van der Waals surface area contributed by atoms with Gasteiger partial charge in [-0.25, -0.2) is 9.18 Å². The van der Waals surface area contributed by atoms with Gasteiger partial charge >= 0.3 is 6.09 Å². The van der Waals surface area contributed by atoms with Crippen LogP contribution in [0.1, 0.15) is 33.6 Å². The Balaban J connectivity index is 1.86. The van der Waals surface area contributed by atoms with Gasteiger partial charge in [-0.05, 0) is 39.0 Å². The maximum atomic E-state index is 13.7. The van der Waals surface area contributed by atoms with Crippen LogP contribution in [0.5, 0.6) is 5.75 Å². The Morgan fingerprint density at radius 3 is 2.50 bits per heavy atom. The molecular formula is C16H21ClFNO3. The fourth-order valence-electron chi connectivity index (χ4n) is 2.23. The number of carbonyl (C=O) groups excluding carboxylic acids is 1. The topological polar surface area (TPSA) is 38.8 Å². The molecule has 0 unspecified atom stereocenters. The molecule has 122 valence electrons. The van der Waals surface area contributed by atoms with E-state index in [2.05, 4.69) is 0 Å². The second-order valence-corrected chi connectivity index (χ2v) is 6.80. The lowest BCUT2D eigenvalue weighted by molar-refractivity contribution is 0.0123. The summed E-state index contributed by atoms with van der Waals surface area (Å²) < 4.78 is 24.7. The molecular weight excluding hydrogens is 309 g/mol. The second kappa shape index (κ2) is 6.73. The van der Waals surface area contributed by atoms with E-state index < -0.39 is 11.4 Å². The minimum absolute atomic E-state index is 0.116. The van der Waals surface area contributed by atoms with Gasteiger partial charge in [-0.2, -0.15) is 0 Å². The normalized spacial score (nSPS) is 16.5. The second-order valence-electron chi connectivity index (χ2n) is 6.36. The predicted molar refractivity (Wildman–Crippen MR) is 82.9 cm³/mol. The zero-order valence-corrected chi connectivity index (χ0v) is 13.8. The van der Waals surface area contributed by atoms with Gasteiger partial charge in [-0.3, -0.25) is 0 Å². The number of benzene rings is 1. The maximum Gasteiger partial charge on any atom is 0.410 e. The summed E-state index contributed by atoms with van der Waals surface area (Å²) in [6.07, 6.45) is 0.848. The minimum atomic E-state index is -0.503. The van der Waals surface area contributed by atoms with Crippen LogP contribution in [0, 0.1) is 5.82 Å². The molecule has 1 aliphatic rings. The molecule has 1 aromatic rings. The van der Waals surface area contributed by atoms with Crippen molar-refractivity contribution in [2.24, 2.45) is 0 Å². The van der Waals surface area contributed by atoms with Crippen LogP contribution in [0.3, 0.4) is 0 Å². The van der Waals surface area contributed by atoms with Gasteiger partial charge in [0, 0.05) is 31.0 Å². The Bertz CT molecular complexity index is 537. The molecule has 1 saturated heterocycles. The summed E-state index contributed by atoms with van der Waals surface area (Å²) in [5.74, 6) is -0.276. The molecule has 2 rings (SSSR count). The van der Waals surface area contributed by atoms with Crippen molar-refractivity contribution in [3.8, 4) is 5.75 Å². The molecule has 1 fully saturated rings. The standard InChI is InChI=1S/C16H21ClFNO3/c1-16(2,3)22-15(20)19-8-6-12(7-9-19)21-14-5-4-11(17)10-13(14)18/h4-5,10,12H,6-9H2,1-3H3. The van der Waals surface area contributed by atoms with Crippen molar-refractivity contribution in [1.29, 1.82) is 0 Å². The summed E-state index contributed by atoms with van der Waals surface area (Å²) in [5.41, 5.74) is -0.503. The van der Waals surface area contributed by atoms with E-state index in [0.717, 1.165) is 0 Å². The van der Waals surface area contributed by atoms with Crippen LogP contribution in [0.15, 0.2) is 18.2 Å². The lowest BCUT2D eigenvalue weighted by atomic mass is 10.1. The number of hydrogen-bond acceptors (Lipinski definition) is 3. The smallest absolute Gasteiger partial charge is 0.410 e. The first kappa shape index (κ1) is 16.9.